The van der Waals surface area contributed by atoms with Gasteiger partial charge in [0.15, 0.2) is 0 Å². The van der Waals surface area contributed by atoms with E-state index in [1.54, 1.807) is 0 Å². The zero-order valence-corrected chi connectivity index (χ0v) is 18.8. The predicted molar refractivity (Wildman–Crippen MR) is 129 cm³/mol. The molecule has 0 aliphatic carbocycles. The number of hydrogen-bond acceptors (Lipinski definition) is 2. The quantitative estimate of drug-likeness (QED) is 0.273. The minimum Gasteiger partial charge on any atom is -0.396 e. The third-order valence-corrected chi connectivity index (χ3v) is 5.99. The van der Waals surface area contributed by atoms with Crippen LogP contribution in [-0.4, -0.2) is 23.4 Å². The highest BCUT2D eigenvalue weighted by molar-refractivity contribution is 5.63. The molecule has 2 heteroatoms. The monoisotopic (exact) mass is 410 g/mol. The van der Waals surface area contributed by atoms with Crippen LogP contribution < -0.4 is 0 Å². The molecule has 0 radical (unpaired) electrons. The van der Waals surface area contributed by atoms with Gasteiger partial charge in [0.25, 0.3) is 0 Å². The molecule has 0 aliphatic rings. The minimum atomic E-state index is 0.335. The lowest BCUT2D eigenvalue weighted by atomic mass is 9.98. The maximum absolute atomic E-state index is 8.80. The van der Waals surface area contributed by atoms with Crippen LogP contribution in [0.2, 0.25) is 0 Å². The summed E-state index contributed by atoms with van der Waals surface area (Å²) in [6.07, 6.45) is 16.7. The predicted octanol–water partition coefficient (Wildman–Crippen LogP) is 7.10. The first-order valence-corrected chi connectivity index (χ1v) is 12.2. The molecule has 2 rings (SSSR count). The first-order valence-electron chi connectivity index (χ1n) is 12.2. The second-order valence-electron chi connectivity index (χ2n) is 8.58. The number of rotatable bonds is 17. The Bertz CT molecular complexity index is 586. The first kappa shape index (κ1) is 24.6. The molecule has 30 heavy (non-hydrogen) atoms. The highest BCUT2D eigenvalue weighted by Crippen LogP contribution is 2.22. The van der Waals surface area contributed by atoms with Crippen molar-refractivity contribution in [1.29, 1.82) is 0 Å². The molecular weight excluding hydrogens is 368 g/mol. The number of aliphatic hydroxyl groups excluding tert-OH is 2. The Hall–Kier alpha value is -1.64. The molecule has 2 aromatic carbocycles. The maximum Gasteiger partial charge on any atom is 0.0431 e. The van der Waals surface area contributed by atoms with Gasteiger partial charge in [-0.1, -0.05) is 99.9 Å². The zero-order chi connectivity index (χ0) is 21.3. The van der Waals surface area contributed by atoms with Crippen LogP contribution >= 0.6 is 0 Å². The Morgan fingerprint density at radius 2 is 0.667 bits per heavy atom. The zero-order valence-electron chi connectivity index (χ0n) is 18.8. The molecular formula is C28H42O2. The standard InChI is InChI=1S/C28H42O2/c29-23-11-7-3-1-5-9-13-25-15-19-27(20-16-25)28-21-17-26(18-22-28)14-10-6-2-4-8-12-24-30/h15-22,29-30H,1-14,23-24H2. The average molecular weight is 411 g/mol. The molecule has 0 amide bonds. The molecule has 2 N–H and O–H groups in total. The lowest BCUT2D eigenvalue weighted by Crippen LogP contribution is -1.89. The fraction of sp³-hybridized carbons (Fsp3) is 0.571. The van der Waals surface area contributed by atoms with Gasteiger partial charge in [-0.2, -0.15) is 0 Å². The maximum atomic E-state index is 8.80. The summed E-state index contributed by atoms with van der Waals surface area (Å²) in [5.74, 6) is 0. The number of hydrogen-bond donors (Lipinski definition) is 2. The van der Waals surface area contributed by atoms with Crippen LogP contribution in [-0.2, 0) is 12.8 Å². The molecule has 0 bridgehead atoms. The Kier molecular flexibility index (Phi) is 13.2. The topological polar surface area (TPSA) is 40.5 Å². The van der Waals surface area contributed by atoms with Crippen molar-refractivity contribution in [1.82, 2.24) is 0 Å². The van der Waals surface area contributed by atoms with E-state index in [1.165, 1.54) is 86.5 Å². The van der Waals surface area contributed by atoms with Crippen LogP contribution in [0, 0.1) is 0 Å². The van der Waals surface area contributed by atoms with E-state index in [4.69, 9.17) is 10.2 Å². The van der Waals surface area contributed by atoms with Crippen LogP contribution in [0.25, 0.3) is 11.1 Å². The first-order chi connectivity index (χ1) is 14.8. The van der Waals surface area contributed by atoms with Crippen molar-refractivity contribution >= 4 is 0 Å². The van der Waals surface area contributed by atoms with Gasteiger partial charge in [0, 0.05) is 13.2 Å². The van der Waals surface area contributed by atoms with Crippen LogP contribution in [0.4, 0.5) is 0 Å². The smallest absolute Gasteiger partial charge is 0.0431 e. The molecule has 2 nitrogen and oxygen atoms in total. The summed E-state index contributed by atoms with van der Waals surface area (Å²) >= 11 is 0. The van der Waals surface area contributed by atoms with Crippen molar-refractivity contribution in [2.75, 3.05) is 13.2 Å². The molecule has 0 unspecified atom stereocenters. The van der Waals surface area contributed by atoms with E-state index in [0.717, 1.165) is 25.7 Å². The largest absolute Gasteiger partial charge is 0.396 e. The number of aliphatic hydroxyl groups is 2. The van der Waals surface area contributed by atoms with Crippen molar-refractivity contribution in [3.63, 3.8) is 0 Å². The lowest BCUT2D eigenvalue weighted by molar-refractivity contribution is 0.282. The Balaban J connectivity index is 1.65. The number of unbranched alkanes of at least 4 members (excludes halogenated alkanes) is 10. The van der Waals surface area contributed by atoms with E-state index in [0.29, 0.717) is 13.2 Å². The Morgan fingerprint density at radius 3 is 1.00 bits per heavy atom. The Labute approximate surface area is 184 Å². The summed E-state index contributed by atoms with van der Waals surface area (Å²) < 4.78 is 0. The summed E-state index contributed by atoms with van der Waals surface area (Å²) in [5.41, 5.74) is 5.48. The van der Waals surface area contributed by atoms with E-state index in [9.17, 15) is 0 Å². The fourth-order valence-electron chi connectivity index (χ4n) is 4.02. The third kappa shape index (κ3) is 10.4. The fourth-order valence-corrected chi connectivity index (χ4v) is 4.02. The van der Waals surface area contributed by atoms with Crippen LogP contribution in [0.1, 0.15) is 88.2 Å². The lowest BCUT2D eigenvalue weighted by Gasteiger charge is -2.07. The van der Waals surface area contributed by atoms with Crippen molar-refractivity contribution in [2.45, 2.75) is 89.9 Å². The van der Waals surface area contributed by atoms with Gasteiger partial charge in [-0.05, 0) is 60.8 Å². The van der Waals surface area contributed by atoms with Crippen LogP contribution in [0.3, 0.4) is 0 Å². The van der Waals surface area contributed by atoms with Crippen molar-refractivity contribution < 1.29 is 10.2 Å². The third-order valence-electron chi connectivity index (χ3n) is 5.99. The average Bonchev–Trinajstić information content (AvgIpc) is 2.79. The molecule has 0 saturated heterocycles. The normalized spacial score (nSPS) is 11.1. The van der Waals surface area contributed by atoms with Gasteiger partial charge in [0.1, 0.15) is 0 Å². The van der Waals surface area contributed by atoms with Gasteiger partial charge >= 0.3 is 0 Å². The van der Waals surface area contributed by atoms with Crippen molar-refractivity contribution in [2.24, 2.45) is 0 Å². The number of aryl methyl sites for hydroxylation is 2. The molecule has 2 aromatic rings. The number of benzene rings is 2. The van der Waals surface area contributed by atoms with Gasteiger partial charge in [-0.3, -0.25) is 0 Å². The van der Waals surface area contributed by atoms with Crippen LogP contribution in [0.5, 0.6) is 0 Å². The second-order valence-corrected chi connectivity index (χ2v) is 8.58. The molecule has 0 heterocycles. The van der Waals surface area contributed by atoms with E-state index in [1.807, 2.05) is 0 Å². The molecule has 166 valence electrons. The summed E-state index contributed by atoms with van der Waals surface area (Å²) in [6.45, 7) is 0.670. The molecule has 0 saturated carbocycles. The van der Waals surface area contributed by atoms with E-state index in [2.05, 4.69) is 48.5 Å². The van der Waals surface area contributed by atoms with Gasteiger partial charge in [-0.15, -0.1) is 0 Å². The van der Waals surface area contributed by atoms with Crippen molar-refractivity contribution in [3.8, 4) is 11.1 Å². The van der Waals surface area contributed by atoms with E-state index < -0.39 is 0 Å². The Morgan fingerprint density at radius 1 is 0.367 bits per heavy atom. The molecule has 0 atom stereocenters. The summed E-state index contributed by atoms with van der Waals surface area (Å²) in [5, 5.41) is 17.6. The molecule has 0 spiro atoms. The summed E-state index contributed by atoms with van der Waals surface area (Å²) in [4.78, 5) is 0. The van der Waals surface area contributed by atoms with Crippen LogP contribution in [0.15, 0.2) is 48.5 Å². The highest BCUT2D eigenvalue weighted by Gasteiger charge is 2.01. The molecule has 0 aliphatic heterocycles. The summed E-state index contributed by atoms with van der Waals surface area (Å²) in [6, 6.07) is 18.2. The van der Waals surface area contributed by atoms with Gasteiger partial charge in [0.05, 0.1) is 0 Å². The molecule has 0 aromatic heterocycles. The minimum absolute atomic E-state index is 0.335. The van der Waals surface area contributed by atoms with Gasteiger partial charge < -0.3 is 10.2 Å². The summed E-state index contributed by atoms with van der Waals surface area (Å²) in [7, 11) is 0. The second kappa shape index (κ2) is 16.1. The van der Waals surface area contributed by atoms with E-state index in [-0.39, 0.29) is 0 Å². The van der Waals surface area contributed by atoms with Gasteiger partial charge in [0.2, 0.25) is 0 Å². The molecule has 0 fully saturated rings. The van der Waals surface area contributed by atoms with E-state index >= 15 is 0 Å². The highest BCUT2D eigenvalue weighted by atomic mass is 16.3. The SMILES string of the molecule is OCCCCCCCCc1ccc(-c2ccc(CCCCCCCCO)cc2)cc1. The van der Waals surface area contributed by atoms with Crippen molar-refractivity contribution in [3.05, 3.63) is 59.7 Å². The van der Waals surface area contributed by atoms with Gasteiger partial charge in [-0.25, -0.2) is 0 Å².